The minimum absolute atomic E-state index is 0.0724. The summed E-state index contributed by atoms with van der Waals surface area (Å²) >= 11 is 0. The first-order chi connectivity index (χ1) is 11.7. The number of urea groups is 1. The lowest BCUT2D eigenvalue weighted by atomic mass is 10.1. The molecule has 0 saturated carbocycles. The molecule has 2 aromatic rings. The van der Waals surface area contributed by atoms with Crippen molar-refractivity contribution >= 4 is 22.6 Å². The van der Waals surface area contributed by atoms with Crippen molar-refractivity contribution < 1.29 is 9.90 Å². The molecule has 0 unspecified atom stereocenters. The van der Waals surface area contributed by atoms with Crippen molar-refractivity contribution in [3.63, 3.8) is 0 Å². The van der Waals surface area contributed by atoms with Gasteiger partial charge >= 0.3 is 6.03 Å². The Kier molecular flexibility index (Phi) is 4.16. The average molecular weight is 328 g/mol. The molecule has 2 aliphatic heterocycles. The van der Waals surface area contributed by atoms with Gasteiger partial charge in [0, 0.05) is 29.3 Å². The SMILES string of the molecule is O=C(Nc1ccc2[nH]ccc2c1)N1C[C@H](O)[C@@H](N2CCCCC2)C1. The van der Waals surface area contributed by atoms with Crippen LogP contribution in [-0.4, -0.2) is 64.2 Å². The summed E-state index contributed by atoms with van der Waals surface area (Å²) in [5.41, 5.74) is 1.83. The second kappa shape index (κ2) is 6.45. The minimum atomic E-state index is -0.457. The van der Waals surface area contributed by atoms with Crippen LogP contribution in [0.4, 0.5) is 10.5 Å². The molecule has 0 aliphatic carbocycles. The van der Waals surface area contributed by atoms with Crippen molar-refractivity contribution in [3.05, 3.63) is 30.5 Å². The van der Waals surface area contributed by atoms with Gasteiger partial charge in [-0.1, -0.05) is 6.42 Å². The van der Waals surface area contributed by atoms with Crippen LogP contribution in [0.1, 0.15) is 19.3 Å². The lowest BCUT2D eigenvalue weighted by molar-refractivity contribution is 0.0706. The lowest BCUT2D eigenvalue weighted by Crippen LogP contribution is -2.46. The number of piperidine rings is 1. The van der Waals surface area contributed by atoms with Gasteiger partial charge in [-0.3, -0.25) is 4.90 Å². The first-order valence-electron chi connectivity index (χ1n) is 8.76. The van der Waals surface area contributed by atoms with Crippen molar-refractivity contribution in [1.29, 1.82) is 0 Å². The highest BCUT2D eigenvalue weighted by molar-refractivity contribution is 5.93. The molecule has 2 amide bonds. The molecule has 6 heteroatoms. The number of likely N-dealkylation sites (tertiary alicyclic amines) is 2. The molecule has 24 heavy (non-hydrogen) atoms. The molecule has 2 fully saturated rings. The standard InChI is InChI=1S/C18H24N4O2/c23-17-12-22(11-16(17)21-8-2-1-3-9-21)18(24)20-14-4-5-15-13(10-14)6-7-19-15/h4-7,10,16-17,19,23H,1-3,8-9,11-12H2,(H,20,24)/t16-,17-/m0/s1. The van der Waals surface area contributed by atoms with Gasteiger partial charge in [0.1, 0.15) is 0 Å². The summed E-state index contributed by atoms with van der Waals surface area (Å²) in [7, 11) is 0. The van der Waals surface area contributed by atoms with E-state index in [1.54, 1.807) is 4.90 Å². The largest absolute Gasteiger partial charge is 0.390 e. The summed E-state index contributed by atoms with van der Waals surface area (Å²) in [6.07, 6.45) is 5.07. The van der Waals surface area contributed by atoms with E-state index in [1.807, 2.05) is 30.5 Å². The molecule has 3 heterocycles. The fourth-order valence-corrected chi connectivity index (χ4v) is 3.88. The number of hydrogen-bond acceptors (Lipinski definition) is 3. The molecule has 4 rings (SSSR count). The maximum Gasteiger partial charge on any atom is 0.321 e. The Morgan fingerprint density at radius 1 is 1.17 bits per heavy atom. The van der Waals surface area contributed by atoms with Crippen LogP contribution in [0.5, 0.6) is 0 Å². The van der Waals surface area contributed by atoms with Crippen LogP contribution in [0.25, 0.3) is 10.9 Å². The number of carbonyl (C=O) groups is 1. The Balaban J connectivity index is 1.41. The second-order valence-electron chi connectivity index (χ2n) is 6.85. The Morgan fingerprint density at radius 3 is 2.83 bits per heavy atom. The molecule has 2 saturated heterocycles. The molecule has 6 nitrogen and oxygen atoms in total. The maximum atomic E-state index is 12.5. The highest BCUT2D eigenvalue weighted by atomic mass is 16.3. The third-order valence-corrected chi connectivity index (χ3v) is 5.21. The van der Waals surface area contributed by atoms with Crippen molar-refractivity contribution in [3.8, 4) is 0 Å². The van der Waals surface area contributed by atoms with Crippen LogP contribution >= 0.6 is 0 Å². The van der Waals surface area contributed by atoms with Crippen LogP contribution in [0.15, 0.2) is 30.5 Å². The van der Waals surface area contributed by atoms with Crippen LogP contribution in [0.3, 0.4) is 0 Å². The number of H-pyrrole nitrogens is 1. The number of aliphatic hydroxyl groups is 1. The van der Waals surface area contributed by atoms with Gasteiger partial charge in [-0.15, -0.1) is 0 Å². The Hall–Kier alpha value is -2.05. The second-order valence-corrected chi connectivity index (χ2v) is 6.85. The number of carbonyl (C=O) groups excluding carboxylic acids is 1. The quantitative estimate of drug-likeness (QED) is 0.792. The van der Waals surface area contributed by atoms with Crippen molar-refractivity contribution in [2.75, 3.05) is 31.5 Å². The van der Waals surface area contributed by atoms with Gasteiger partial charge in [-0.2, -0.15) is 0 Å². The molecule has 1 aromatic heterocycles. The monoisotopic (exact) mass is 328 g/mol. The van der Waals surface area contributed by atoms with Crippen LogP contribution in [-0.2, 0) is 0 Å². The molecule has 0 spiro atoms. The molecule has 2 atom stereocenters. The molecule has 0 bridgehead atoms. The summed E-state index contributed by atoms with van der Waals surface area (Å²) in [5, 5.41) is 14.4. The Bertz CT molecular complexity index is 723. The third kappa shape index (κ3) is 2.99. The number of β-amino-alcohol motifs (C(OH)–C–C–N with tert-alkyl or cyclic N) is 1. The highest BCUT2D eigenvalue weighted by Gasteiger charge is 2.37. The van der Waals surface area contributed by atoms with E-state index >= 15 is 0 Å². The number of nitrogens with one attached hydrogen (secondary N) is 2. The topological polar surface area (TPSA) is 71.6 Å². The highest BCUT2D eigenvalue weighted by Crippen LogP contribution is 2.22. The summed E-state index contributed by atoms with van der Waals surface area (Å²) in [4.78, 5) is 19.7. The number of amides is 2. The number of nitrogens with zero attached hydrogens (tertiary/aromatic N) is 2. The minimum Gasteiger partial charge on any atom is -0.390 e. The molecule has 0 radical (unpaired) electrons. The smallest absolute Gasteiger partial charge is 0.321 e. The van der Waals surface area contributed by atoms with E-state index in [9.17, 15) is 9.90 Å². The third-order valence-electron chi connectivity index (χ3n) is 5.21. The molecule has 2 aliphatic rings. The van der Waals surface area contributed by atoms with E-state index in [-0.39, 0.29) is 12.1 Å². The number of rotatable bonds is 2. The van der Waals surface area contributed by atoms with Gasteiger partial charge in [0.2, 0.25) is 0 Å². The van der Waals surface area contributed by atoms with Crippen LogP contribution in [0.2, 0.25) is 0 Å². The van der Waals surface area contributed by atoms with E-state index in [0.717, 1.165) is 29.7 Å². The normalized spacial score (nSPS) is 25.3. The number of fused-ring (bicyclic) bond motifs is 1. The number of aliphatic hydroxyl groups excluding tert-OH is 1. The summed E-state index contributed by atoms with van der Waals surface area (Å²) in [6, 6.07) is 7.73. The van der Waals surface area contributed by atoms with Gasteiger partial charge < -0.3 is 20.3 Å². The van der Waals surface area contributed by atoms with Gasteiger partial charge in [0.05, 0.1) is 18.7 Å². The fraction of sp³-hybridized carbons (Fsp3) is 0.500. The van der Waals surface area contributed by atoms with E-state index in [0.29, 0.717) is 13.1 Å². The summed E-state index contributed by atoms with van der Waals surface area (Å²) in [5.74, 6) is 0. The molecule has 128 valence electrons. The van der Waals surface area contributed by atoms with Crippen LogP contribution < -0.4 is 5.32 Å². The fourth-order valence-electron chi connectivity index (χ4n) is 3.88. The zero-order chi connectivity index (χ0) is 16.5. The number of anilines is 1. The summed E-state index contributed by atoms with van der Waals surface area (Å²) in [6.45, 7) is 3.06. The van der Waals surface area contributed by atoms with E-state index in [2.05, 4.69) is 15.2 Å². The van der Waals surface area contributed by atoms with E-state index in [1.165, 1.54) is 19.3 Å². The van der Waals surface area contributed by atoms with Gasteiger partial charge in [0.15, 0.2) is 0 Å². The zero-order valence-electron chi connectivity index (χ0n) is 13.7. The van der Waals surface area contributed by atoms with Gasteiger partial charge in [0.25, 0.3) is 0 Å². The number of aromatic amines is 1. The van der Waals surface area contributed by atoms with Crippen LogP contribution in [0, 0.1) is 0 Å². The number of hydrogen-bond donors (Lipinski definition) is 3. The summed E-state index contributed by atoms with van der Waals surface area (Å²) < 4.78 is 0. The van der Waals surface area contributed by atoms with Gasteiger partial charge in [-0.25, -0.2) is 4.79 Å². The predicted molar refractivity (Wildman–Crippen MR) is 94.1 cm³/mol. The van der Waals surface area contributed by atoms with Crippen molar-refractivity contribution in [2.24, 2.45) is 0 Å². The number of aromatic nitrogens is 1. The van der Waals surface area contributed by atoms with Crippen molar-refractivity contribution in [2.45, 2.75) is 31.4 Å². The van der Waals surface area contributed by atoms with E-state index < -0.39 is 6.10 Å². The lowest BCUT2D eigenvalue weighted by Gasteiger charge is -2.33. The van der Waals surface area contributed by atoms with E-state index in [4.69, 9.17) is 0 Å². The zero-order valence-corrected chi connectivity index (χ0v) is 13.7. The molecular formula is C18H24N4O2. The average Bonchev–Trinajstić information content (AvgIpc) is 3.21. The predicted octanol–water partition coefficient (Wildman–Crippen LogP) is 2.23. The molecular weight excluding hydrogens is 304 g/mol. The number of benzene rings is 1. The Labute approximate surface area is 141 Å². The molecule has 1 aromatic carbocycles. The Morgan fingerprint density at radius 2 is 2.00 bits per heavy atom. The first-order valence-corrected chi connectivity index (χ1v) is 8.76. The van der Waals surface area contributed by atoms with Crippen molar-refractivity contribution in [1.82, 2.24) is 14.8 Å². The molecule has 3 N–H and O–H groups in total. The maximum absolute atomic E-state index is 12.5. The van der Waals surface area contributed by atoms with Gasteiger partial charge in [-0.05, 0) is 50.2 Å². The first kappa shape index (κ1) is 15.5.